The monoisotopic (exact) mass is 330 g/mol. The van der Waals surface area contributed by atoms with E-state index >= 15 is 0 Å². The van der Waals surface area contributed by atoms with Crippen molar-refractivity contribution >= 4 is 17.9 Å². The Morgan fingerprint density at radius 1 is 1.29 bits per heavy atom. The summed E-state index contributed by atoms with van der Waals surface area (Å²) in [4.78, 5) is 26.2. The molecule has 0 aromatic heterocycles. The molecule has 5 nitrogen and oxygen atoms in total. The maximum absolute atomic E-state index is 12.2. The van der Waals surface area contributed by atoms with Crippen LogP contribution in [0.2, 0.25) is 0 Å². The van der Waals surface area contributed by atoms with Crippen LogP contribution in [0.25, 0.3) is 6.08 Å². The number of nitrogens with zero attached hydrogens (tertiary/aromatic N) is 1. The van der Waals surface area contributed by atoms with Crippen LogP contribution in [0, 0.1) is 5.92 Å². The molecule has 2 rings (SSSR count). The Balaban J connectivity index is 1.80. The first-order valence-electron chi connectivity index (χ1n) is 8.57. The predicted octanol–water partition coefficient (Wildman–Crippen LogP) is 1.83. The lowest BCUT2D eigenvalue weighted by atomic mass is 9.95. The number of carbonyl (C=O) groups excluding carboxylic acids is 2. The van der Waals surface area contributed by atoms with Crippen molar-refractivity contribution < 1.29 is 14.7 Å². The Morgan fingerprint density at radius 3 is 2.54 bits per heavy atom. The highest BCUT2D eigenvalue weighted by Gasteiger charge is 2.27. The van der Waals surface area contributed by atoms with Crippen molar-refractivity contribution in [3.05, 3.63) is 42.0 Å². The van der Waals surface area contributed by atoms with Crippen LogP contribution in [0.1, 0.15) is 31.7 Å². The third kappa shape index (κ3) is 5.20. The molecule has 0 aliphatic carbocycles. The van der Waals surface area contributed by atoms with Crippen LogP contribution < -0.4 is 5.32 Å². The van der Waals surface area contributed by atoms with Crippen molar-refractivity contribution in [1.82, 2.24) is 10.2 Å². The zero-order chi connectivity index (χ0) is 17.4. The first-order chi connectivity index (χ1) is 11.6. The minimum absolute atomic E-state index is 0.0113. The number of hydrogen-bond donors (Lipinski definition) is 2. The SMILES string of the molecule is CCC(CO)NC(=O)C1CCN(C(=O)/C=C/c2ccccc2)CC1. The molecule has 0 bridgehead atoms. The van der Waals surface area contributed by atoms with E-state index in [1.807, 2.05) is 43.3 Å². The molecule has 1 saturated heterocycles. The van der Waals surface area contributed by atoms with E-state index in [2.05, 4.69) is 5.32 Å². The van der Waals surface area contributed by atoms with E-state index in [0.717, 1.165) is 5.56 Å². The molecule has 1 aliphatic rings. The Morgan fingerprint density at radius 2 is 1.96 bits per heavy atom. The van der Waals surface area contributed by atoms with Crippen LogP contribution in [0.5, 0.6) is 0 Å². The molecule has 2 N–H and O–H groups in total. The fraction of sp³-hybridized carbons (Fsp3) is 0.474. The van der Waals surface area contributed by atoms with Gasteiger partial charge in [-0.2, -0.15) is 0 Å². The molecule has 0 radical (unpaired) electrons. The van der Waals surface area contributed by atoms with Crippen molar-refractivity contribution in [2.45, 2.75) is 32.2 Å². The van der Waals surface area contributed by atoms with E-state index in [1.54, 1.807) is 11.0 Å². The van der Waals surface area contributed by atoms with Gasteiger partial charge in [0.05, 0.1) is 12.6 Å². The third-order valence-electron chi connectivity index (χ3n) is 4.45. The molecule has 0 saturated carbocycles. The highest BCUT2D eigenvalue weighted by atomic mass is 16.3. The van der Waals surface area contributed by atoms with Gasteiger partial charge in [-0.15, -0.1) is 0 Å². The number of hydrogen-bond acceptors (Lipinski definition) is 3. The van der Waals surface area contributed by atoms with Crippen LogP contribution in [-0.4, -0.2) is 47.6 Å². The van der Waals surface area contributed by atoms with E-state index in [9.17, 15) is 9.59 Å². The van der Waals surface area contributed by atoms with Gasteiger partial charge in [0, 0.05) is 25.1 Å². The second-order valence-corrected chi connectivity index (χ2v) is 6.14. The first kappa shape index (κ1) is 18.2. The molecule has 1 heterocycles. The Hall–Kier alpha value is -2.14. The van der Waals surface area contributed by atoms with Crippen LogP contribution >= 0.6 is 0 Å². The number of carbonyl (C=O) groups is 2. The molecular formula is C19H26N2O3. The highest BCUT2D eigenvalue weighted by Crippen LogP contribution is 2.18. The number of amides is 2. The van der Waals surface area contributed by atoms with Gasteiger partial charge in [0.1, 0.15) is 0 Å². The Kier molecular flexibility index (Phi) is 7.00. The fourth-order valence-corrected chi connectivity index (χ4v) is 2.79. The standard InChI is InChI=1S/C19H26N2O3/c1-2-17(14-22)20-19(24)16-10-12-21(13-11-16)18(23)9-8-15-6-4-3-5-7-15/h3-9,16-17,22H,2,10-14H2,1H3,(H,20,24)/b9-8+. The summed E-state index contributed by atoms with van der Waals surface area (Å²) in [5, 5.41) is 12.0. The summed E-state index contributed by atoms with van der Waals surface area (Å²) in [6.07, 6.45) is 5.45. The normalized spacial score (nSPS) is 17.0. The van der Waals surface area contributed by atoms with E-state index in [0.29, 0.717) is 32.4 Å². The van der Waals surface area contributed by atoms with Gasteiger partial charge in [0.2, 0.25) is 11.8 Å². The smallest absolute Gasteiger partial charge is 0.246 e. The second-order valence-electron chi connectivity index (χ2n) is 6.14. The predicted molar refractivity (Wildman–Crippen MR) is 94.1 cm³/mol. The zero-order valence-electron chi connectivity index (χ0n) is 14.1. The first-order valence-corrected chi connectivity index (χ1v) is 8.57. The molecule has 1 aliphatic heterocycles. The number of aliphatic hydroxyl groups excluding tert-OH is 1. The number of nitrogens with one attached hydrogen (secondary N) is 1. The molecule has 5 heteroatoms. The molecule has 1 unspecified atom stereocenters. The molecule has 2 amide bonds. The molecule has 130 valence electrons. The van der Waals surface area contributed by atoms with Gasteiger partial charge >= 0.3 is 0 Å². The molecule has 1 atom stereocenters. The number of aliphatic hydroxyl groups is 1. The lowest BCUT2D eigenvalue weighted by molar-refractivity contribution is -0.132. The van der Waals surface area contributed by atoms with Gasteiger partial charge in [-0.3, -0.25) is 9.59 Å². The van der Waals surface area contributed by atoms with Gasteiger partial charge in [-0.05, 0) is 30.9 Å². The van der Waals surface area contributed by atoms with Crippen molar-refractivity contribution in [2.24, 2.45) is 5.92 Å². The van der Waals surface area contributed by atoms with E-state index in [1.165, 1.54) is 0 Å². The average Bonchev–Trinajstić information content (AvgIpc) is 2.65. The minimum Gasteiger partial charge on any atom is -0.394 e. The average molecular weight is 330 g/mol. The van der Waals surface area contributed by atoms with E-state index in [-0.39, 0.29) is 30.4 Å². The minimum atomic E-state index is -0.175. The van der Waals surface area contributed by atoms with Crippen LogP contribution in [-0.2, 0) is 9.59 Å². The van der Waals surface area contributed by atoms with Crippen molar-refractivity contribution in [3.8, 4) is 0 Å². The number of likely N-dealkylation sites (tertiary alicyclic amines) is 1. The number of rotatable bonds is 6. The van der Waals surface area contributed by atoms with Crippen molar-refractivity contribution in [1.29, 1.82) is 0 Å². The molecular weight excluding hydrogens is 304 g/mol. The second kappa shape index (κ2) is 9.23. The molecule has 1 aromatic rings. The fourth-order valence-electron chi connectivity index (χ4n) is 2.79. The van der Waals surface area contributed by atoms with Gasteiger partial charge in [0.25, 0.3) is 0 Å². The summed E-state index contributed by atoms with van der Waals surface area (Å²) in [6.45, 7) is 3.07. The zero-order valence-corrected chi connectivity index (χ0v) is 14.1. The van der Waals surface area contributed by atoms with Crippen LogP contribution in [0.3, 0.4) is 0 Å². The maximum atomic E-state index is 12.2. The Bertz CT molecular complexity index is 559. The van der Waals surface area contributed by atoms with Gasteiger partial charge in [-0.1, -0.05) is 37.3 Å². The maximum Gasteiger partial charge on any atom is 0.246 e. The summed E-state index contributed by atoms with van der Waals surface area (Å²) in [7, 11) is 0. The van der Waals surface area contributed by atoms with Gasteiger partial charge < -0.3 is 15.3 Å². The van der Waals surface area contributed by atoms with Gasteiger partial charge in [-0.25, -0.2) is 0 Å². The molecule has 1 aromatic carbocycles. The van der Waals surface area contributed by atoms with E-state index in [4.69, 9.17) is 5.11 Å². The van der Waals surface area contributed by atoms with Crippen molar-refractivity contribution in [3.63, 3.8) is 0 Å². The summed E-state index contributed by atoms with van der Waals surface area (Å²) in [6, 6.07) is 9.53. The van der Waals surface area contributed by atoms with Crippen LogP contribution in [0.4, 0.5) is 0 Å². The third-order valence-corrected chi connectivity index (χ3v) is 4.45. The number of piperidine rings is 1. The quantitative estimate of drug-likeness (QED) is 0.782. The Labute approximate surface area is 143 Å². The lowest BCUT2D eigenvalue weighted by Gasteiger charge is -2.31. The van der Waals surface area contributed by atoms with Crippen molar-refractivity contribution in [2.75, 3.05) is 19.7 Å². The molecule has 1 fully saturated rings. The molecule has 0 spiro atoms. The summed E-state index contributed by atoms with van der Waals surface area (Å²) in [5.74, 6) is -0.102. The van der Waals surface area contributed by atoms with E-state index < -0.39 is 0 Å². The summed E-state index contributed by atoms with van der Waals surface area (Å²) in [5.41, 5.74) is 0.995. The summed E-state index contributed by atoms with van der Waals surface area (Å²) >= 11 is 0. The largest absolute Gasteiger partial charge is 0.394 e. The summed E-state index contributed by atoms with van der Waals surface area (Å²) < 4.78 is 0. The number of benzene rings is 1. The topological polar surface area (TPSA) is 69.6 Å². The van der Waals surface area contributed by atoms with Gasteiger partial charge in [0.15, 0.2) is 0 Å². The molecule has 24 heavy (non-hydrogen) atoms. The van der Waals surface area contributed by atoms with Crippen LogP contribution in [0.15, 0.2) is 36.4 Å². The highest BCUT2D eigenvalue weighted by molar-refractivity contribution is 5.92. The lowest BCUT2D eigenvalue weighted by Crippen LogP contribution is -2.45.